The number of urea groups is 1. The Bertz CT molecular complexity index is 584. The van der Waals surface area contributed by atoms with E-state index in [1.807, 2.05) is 18.2 Å². The van der Waals surface area contributed by atoms with E-state index in [0.29, 0.717) is 6.54 Å². The molecular weight excluding hydrogens is 269 g/mol. The molecule has 110 valence electrons. The molecule has 0 saturated heterocycles. The molecule has 0 aliphatic heterocycles. The largest absolute Gasteiger partial charge is 0.337 e. The normalized spacial score (nSPS) is 11.8. The summed E-state index contributed by atoms with van der Waals surface area (Å²) in [6.07, 6.45) is 1.71. The van der Waals surface area contributed by atoms with Crippen LogP contribution in [0.15, 0.2) is 48.7 Å². The fraction of sp³-hybridized carbons (Fsp3) is 0.250. The highest BCUT2D eigenvalue weighted by Gasteiger charge is 2.17. The zero-order chi connectivity index (χ0) is 15.2. The number of amides is 2. The van der Waals surface area contributed by atoms with Gasteiger partial charge in [0, 0.05) is 38.4 Å². The molecule has 4 nitrogen and oxygen atoms in total. The van der Waals surface area contributed by atoms with Crippen molar-refractivity contribution in [1.82, 2.24) is 15.2 Å². The fourth-order valence-electron chi connectivity index (χ4n) is 2.02. The topological polar surface area (TPSA) is 45.2 Å². The number of halogens is 1. The lowest BCUT2D eigenvalue weighted by Crippen LogP contribution is -2.37. The van der Waals surface area contributed by atoms with Gasteiger partial charge < -0.3 is 10.2 Å². The number of carbonyl (C=O) groups excluding carboxylic acids is 1. The Morgan fingerprint density at radius 1 is 1.24 bits per heavy atom. The van der Waals surface area contributed by atoms with E-state index in [1.165, 1.54) is 17.0 Å². The van der Waals surface area contributed by atoms with Crippen molar-refractivity contribution >= 4 is 6.03 Å². The number of nitrogens with one attached hydrogen (secondary N) is 1. The molecule has 0 spiro atoms. The average molecular weight is 287 g/mol. The quantitative estimate of drug-likeness (QED) is 0.939. The van der Waals surface area contributed by atoms with Crippen LogP contribution in [-0.4, -0.2) is 36.6 Å². The first-order valence-corrected chi connectivity index (χ1v) is 6.69. The van der Waals surface area contributed by atoms with E-state index in [1.54, 1.807) is 32.4 Å². The van der Waals surface area contributed by atoms with Crippen LogP contribution in [0.2, 0.25) is 0 Å². The lowest BCUT2D eigenvalue weighted by molar-refractivity contribution is 0.217. The standard InChI is InChI=1S/C16H18FN3O/c1-20(2)16(21)19-11-14(15-5-3-4-10-18-15)12-6-8-13(17)9-7-12/h3-10,14H,11H2,1-2H3,(H,19,21). The summed E-state index contributed by atoms with van der Waals surface area (Å²) in [6.45, 7) is 0.402. The van der Waals surface area contributed by atoms with Crippen molar-refractivity contribution in [2.75, 3.05) is 20.6 Å². The molecule has 0 aliphatic rings. The number of hydrogen-bond acceptors (Lipinski definition) is 2. The predicted molar refractivity (Wildman–Crippen MR) is 79.6 cm³/mol. The summed E-state index contributed by atoms with van der Waals surface area (Å²) < 4.78 is 13.1. The zero-order valence-electron chi connectivity index (χ0n) is 12.1. The second-order valence-electron chi connectivity index (χ2n) is 4.94. The summed E-state index contributed by atoms with van der Waals surface area (Å²) in [4.78, 5) is 17.5. The molecule has 0 saturated carbocycles. The molecule has 1 aromatic heterocycles. The van der Waals surface area contributed by atoms with Gasteiger partial charge in [0.1, 0.15) is 5.82 Å². The molecule has 5 heteroatoms. The third kappa shape index (κ3) is 4.02. The second-order valence-corrected chi connectivity index (χ2v) is 4.94. The van der Waals surface area contributed by atoms with Crippen molar-refractivity contribution in [1.29, 1.82) is 0 Å². The van der Waals surface area contributed by atoms with Crippen molar-refractivity contribution in [3.63, 3.8) is 0 Å². The number of hydrogen-bond donors (Lipinski definition) is 1. The molecule has 1 atom stereocenters. The Morgan fingerprint density at radius 3 is 2.52 bits per heavy atom. The number of benzene rings is 1. The molecular formula is C16H18FN3O. The molecule has 0 fully saturated rings. The average Bonchev–Trinajstić information content (AvgIpc) is 2.50. The highest BCUT2D eigenvalue weighted by atomic mass is 19.1. The molecule has 0 bridgehead atoms. The highest BCUT2D eigenvalue weighted by molar-refractivity contribution is 5.73. The Kier molecular flexibility index (Phi) is 4.87. The van der Waals surface area contributed by atoms with Gasteiger partial charge in [-0.05, 0) is 29.8 Å². The summed E-state index contributed by atoms with van der Waals surface area (Å²) in [6, 6.07) is 11.7. The minimum atomic E-state index is -0.282. The molecule has 0 radical (unpaired) electrons. The van der Waals surface area contributed by atoms with Crippen LogP contribution in [0.1, 0.15) is 17.2 Å². The van der Waals surface area contributed by atoms with Gasteiger partial charge in [0.2, 0.25) is 0 Å². The van der Waals surface area contributed by atoms with Gasteiger partial charge in [0.15, 0.2) is 0 Å². The maximum atomic E-state index is 13.1. The lowest BCUT2D eigenvalue weighted by Gasteiger charge is -2.19. The van der Waals surface area contributed by atoms with E-state index in [0.717, 1.165) is 11.3 Å². The summed E-state index contributed by atoms with van der Waals surface area (Å²) in [5, 5.41) is 2.85. The summed E-state index contributed by atoms with van der Waals surface area (Å²) in [5.41, 5.74) is 1.75. The Balaban J connectivity index is 2.23. The first-order chi connectivity index (χ1) is 10.1. The lowest BCUT2D eigenvalue weighted by atomic mass is 9.95. The molecule has 1 unspecified atom stereocenters. The Hall–Kier alpha value is -2.43. The van der Waals surface area contributed by atoms with Gasteiger partial charge in [-0.25, -0.2) is 9.18 Å². The van der Waals surface area contributed by atoms with Gasteiger partial charge in [0.05, 0.1) is 0 Å². The molecule has 21 heavy (non-hydrogen) atoms. The van der Waals surface area contributed by atoms with Crippen molar-refractivity contribution < 1.29 is 9.18 Å². The van der Waals surface area contributed by atoms with Crippen LogP contribution in [0, 0.1) is 5.82 Å². The van der Waals surface area contributed by atoms with Crippen molar-refractivity contribution in [3.8, 4) is 0 Å². The van der Waals surface area contributed by atoms with Crippen LogP contribution in [0.3, 0.4) is 0 Å². The highest BCUT2D eigenvalue weighted by Crippen LogP contribution is 2.22. The summed E-state index contributed by atoms with van der Waals surface area (Å²) >= 11 is 0. The van der Waals surface area contributed by atoms with E-state index in [9.17, 15) is 9.18 Å². The second kappa shape index (κ2) is 6.83. The van der Waals surface area contributed by atoms with Crippen molar-refractivity contribution in [3.05, 3.63) is 65.7 Å². The molecule has 0 aliphatic carbocycles. The predicted octanol–water partition coefficient (Wildman–Crippen LogP) is 2.62. The van der Waals surface area contributed by atoms with E-state index >= 15 is 0 Å². The minimum absolute atomic E-state index is 0.115. The van der Waals surface area contributed by atoms with Gasteiger partial charge in [-0.1, -0.05) is 18.2 Å². The van der Waals surface area contributed by atoms with Gasteiger partial charge in [0.25, 0.3) is 0 Å². The zero-order valence-corrected chi connectivity index (χ0v) is 12.1. The fourth-order valence-corrected chi connectivity index (χ4v) is 2.02. The number of pyridine rings is 1. The van der Waals surface area contributed by atoms with Crippen LogP contribution < -0.4 is 5.32 Å². The molecule has 2 aromatic rings. The molecule has 1 aromatic carbocycles. The minimum Gasteiger partial charge on any atom is -0.337 e. The van der Waals surface area contributed by atoms with Crippen LogP contribution >= 0.6 is 0 Å². The van der Waals surface area contributed by atoms with Gasteiger partial charge in [-0.2, -0.15) is 0 Å². The number of rotatable bonds is 4. The molecule has 1 N–H and O–H groups in total. The van der Waals surface area contributed by atoms with Crippen molar-refractivity contribution in [2.45, 2.75) is 5.92 Å². The summed E-state index contributed by atoms with van der Waals surface area (Å²) in [7, 11) is 3.37. The van der Waals surface area contributed by atoms with Gasteiger partial charge >= 0.3 is 6.03 Å². The number of nitrogens with zero attached hydrogens (tertiary/aromatic N) is 2. The van der Waals surface area contributed by atoms with Gasteiger partial charge in [-0.15, -0.1) is 0 Å². The Labute approximate surface area is 123 Å². The molecule has 2 amide bonds. The number of aromatic nitrogens is 1. The smallest absolute Gasteiger partial charge is 0.316 e. The van der Waals surface area contributed by atoms with Crippen molar-refractivity contribution in [2.24, 2.45) is 0 Å². The van der Waals surface area contributed by atoms with E-state index < -0.39 is 0 Å². The third-order valence-corrected chi connectivity index (χ3v) is 3.18. The van der Waals surface area contributed by atoms with Crippen LogP contribution in [0.25, 0.3) is 0 Å². The Morgan fingerprint density at radius 2 is 1.95 bits per heavy atom. The monoisotopic (exact) mass is 287 g/mol. The number of carbonyl (C=O) groups is 1. The first-order valence-electron chi connectivity index (χ1n) is 6.69. The third-order valence-electron chi connectivity index (χ3n) is 3.18. The molecule has 2 rings (SSSR count). The maximum absolute atomic E-state index is 13.1. The van der Waals surface area contributed by atoms with Gasteiger partial charge in [-0.3, -0.25) is 4.98 Å². The van der Waals surface area contributed by atoms with E-state index in [4.69, 9.17) is 0 Å². The van der Waals surface area contributed by atoms with E-state index in [2.05, 4.69) is 10.3 Å². The maximum Gasteiger partial charge on any atom is 0.316 e. The van der Waals surface area contributed by atoms with Crippen LogP contribution in [0.5, 0.6) is 0 Å². The van der Waals surface area contributed by atoms with E-state index in [-0.39, 0.29) is 17.8 Å². The van der Waals surface area contributed by atoms with Crippen LogP contribution in [0.4, 0.5) is 9.18 Å². The molecule has 1 heterocycles. The first kappa shape index (κ1) is 15.0. The van der Waals surface area contributed by atoms with Crippen LogP contribution in [-0.2, 0) is 0 Å². The SMILES string of the molecule is CN(C)C(=O)NCC(c1ccc(F)cc1)c1ccccn1. The summed E-state index contributed by atoms with van der Waals surface area (Å²) in [5.74, 6) is -0.397.